The number of sulfonamides is 1. The van der Waals surface area contributed by atoms with E-state index in [-0.39, 0.29) is 10.8 Å². The average molecular weight is 256 g/mol. The maximum atomic E-state index is 11.4. The lowest BCUT2D eigenvalue weighted by atomic mass is 9.90. The molecule has 0 aromatic rings. The molecule has 0 rings (SSSR count). The smallest absolute Gasteiger partial charge is 0.213 e. The van der Waals surface area contributed by atoms with Crippen molar-refractivity contribution in [1.82, 2.24) is 4.72 Å². The molecule has 0 fully saturated rings. The highest BCUT2D eigenvalue weighted by Gasteiger charge is 2.20. The second kappa shape index (κ2) is 5.51. The van der Waals surface area contributed by atoms with Crippen molar-refractivity contribution in [2.45, 2.75) is 51.7 Å². The average Bonchev–Trinajstić information content (AvgIpc) is 1.97. The standard InChI is InChI=1S/C10H22ClNO2S/c1-8(2)15(13,14)12-7-9(11)6-10(3,4)5/h8-9,12H,6-7H2,1-5H3. The Labute approximate surface area is 98.6 Å². The van der Waals surface area contributed by atoms with Gasteiger partial charge in [0.25, 0.3) is 0 Å². The van der Waals surface area contributed by atoms with E-state index in [1.807, 2.05) is 0 Å². The zero-order valence-corrected chi connectivity index (χ0v) is 11.7. The molecule has 0 aliphatic carbocycles. The summed E-state index contributed by atoms with van der Waals surface area (Å²) in [7, 11) is -3.18. The van der Waals surface area contributed by atoms with E-state index in [2.05, 4.69) is 25.5 Å². The Morgan fingerprint density at radius 3 is 2.07 bits per heavy atom. The van der Waals surface area contributed by atoms with Crippen molar-refractivity contribution in [3.8, 4) is 0 Å². The third-order valence-corrected chi connectivity index (χ3v) is 4.08. The highest BCUT2D eigenvalue weighted by molar-refractivity contribution is 7.90. The highest BCUT2D eigenvalue weighted by atomic mass is 35.5. The molecule has 15 heavy (non-hydrogen) atoms. The fourth-order valence-corrected chi connectivity index (χ4v) is 2.51. The van der Waals surface area contributed by atoms with Gasteiger partial charge >= 0.3 is 0 Å². The fraction of sp³-hybridized carbons (Fsp3) is 1.00. The van der Waals surface area contributed by atoms with E-state index >= 15 is 0 Å². The number of hydrogen-bond donors (Lipinski definition) is 1. The Kier molecular flexibility index (Phi) is 5.58. The van der Waals surface area contributed by atoms with Gasteiger partial charge in [0.05, 0.1) is 5.25 Å². The van der Waals surface area contributed by atoms with Crippen molar-refractivity contribution in [2.24, 2.45) is 5.41 Å². The number of alkyl halides is 1. The molecule has 5 heteroatoms. The molecule has 0 aliphatic rings. The van der Waals surface area contributed by atoms with Gasteiger partial charge in [0.15, 0.2) is 0 Å². The Morgan fingerprint density at radius 2 is 1.73 bits per heavy atom. The first-order chi connectivity index (χ1) is 6.54. The van der Waals surface area contributed by atoms with E-state index in [4.69, 9.17) is 11.6 Å². The van der Waals surface area contributed by atoms with Gasteiger partial charge in [-0.05, 0) is 25.7 Å². The number of nitrogens with one attached hydrogen (secondary N) is 1. The number of halogens is 1. The second-order valence-electron chi connectivity index (χ2n) is 5.30. The lowest BCUT2D eigenvalue weighted by Crippen LogP contribution is -2.36. The summed E-state index contributed by atoms with van der Waals surface area (Å²) >= 11 is 6.05. The third-order valence-electron chi connectivity index (χ3n) is 1.96. The first-order valence-corrected chi connectivity index (χ1v) is 7.15. The lowest BCUT2D eigenvalue weighted by molar-refractivity contribution is 0.369. The summed E-state index contributed by atoms with van der Waals surface area (Å²) < 4.78 is 25.4. The molecule has 0 heterocycles. The summed E-state index contributed by atoms with van der Waals surface area (Å²) in [5.74, 6) is 0. The molecule has 0 bridgehead atoms. The van der Waals surface area contributed by atoms with Crippen LogP contribution in [-0.4, -0.2) is 25.6 Å². The molecule has 0 saturated heterocycles. The van der Waals surface area contributed by atoms with E-state index in [1.165, 1.54) is 0 Å². The van der Waals surface area contributed by atoms with Crippen molar-refractivity contribution >= 4 is 21.6 Å². The van der Waals surface area contributed by atoms with Crippen LogP contribution in [0.2, 0.25) is 0 Å². The van der Waals surface area contributed by atoms with E-state index in [0.717, 1.165) is 6.42 Å². The van der Waals surface area contributed by atoms with Crippen molar-refractivity contribution in [1.29, 1.82) is 0 Å². The normalized spacial score (nSPS) is 15.7. The summed E-state index contributed by atoms with van der Waals surface area (Å²) in [6, 6.07) is 0. The van der Waals surface area contributed by atoms with Crippen LogP contribution in [0.3, 0.4) is 0 Å². The van der Waals surface area contributed by atoms with E-state index < -0.39 is 15.3 Å². The van der Waals surface area contributed by atoms with E-state index in [9.17, 15) is 8.42 Å². The highest BCUT2D eigenvalue weighted by Crippen LogP contribution is 2.23. The second-order valence-corrected chi connectivity index (χ2v) is 8.24. The third kappa shape index (κ3) is 7.14. The van der Waals surface area contributed by atoms with Crippen LogP contribution in [-0.2, 0) is 10.0 Å². The predicted molar refractivity (Wildman–Crippen MR) is 65.8 cm³/mol. The van der Waals surface area contributed by atoms with Crippen LogP contribution in [0.4, 0.5) is 0 Å². The summed E-state index contributed by atoms with van der Waals surface area (Å²) in [5, 5.41) is -0.561. The minimum atomic E-state index is -3.18. The zero-order chi connectivity index (χ0) is 12.3. The largest absolute Gasteiger partial charge is 0.214 e. The molecule has 1 unspecified atom stereocenters. The van der Waals surface area contributed by atoms with Crippen molar-refractivity contribution in [3.05, 3.63) is 0 Å². The Morgan fingerprint density at radius 1 is 1.27 bits per heavy atom. The summed E-state index contributed by atoms with van der Waals surface area (Å²) in [6.45, 7) is 9.85. The van der Waals surface area contributed by atoms with Crippen molar-refractivity contribution < 1.29 is 8.42 Å². The summed E-state index contributed by atoms with van der Waals surface area (Å²) in [5.41, 5.74) is 0.121. The predicted octanol–water partition coefficient (Wildman–Crippen LogP) is 2.36. The SMILES string of the molecule is CC(C)S(=O)(=O)NCC(Cl)CC(C)(C)C. The monoisotopic (exact) mass is 255 g/mol. The zero-order valence-electron chi connectivity index (χ0n) is 10.2. The van der Waals surface area contributed by atoms with Gasteiger partial charge in [-0.2, -0.15) is 0 Å². The Hall–Kier alpha value is 0.200. The van der Waals surface area contributed by atoms with Gasteiger partial charge in [-0.15, -0.1) is 11.6 Å². The molecule has 0 radical (unpaired) electrons. The van der Waals surface area contributed by atoms with Gasteiger partial charge in [-0.1, -0.05) is 20.8 Å². The number of hydrogen-bond acceptors (Lipinski definition) is 2. The van der Waals surface area contributed by atoms with Gasteiger partial charge in [0.1, 0.15) is 0 Å². The first-order valence-electron chi connectivity index (χ1n) is 5.17. The molecule has 1 N–H and O–H groups in total. The molecule has 1 atom stereocenters. The molecule has 0 amide bonds. The van der Waals surface area contributed by atoms with Crippen LogP contribution >= 0.6 is 11.6 Å². The van der Waals surface area contributed by atoms with Gasteiger partial charge in [0.2, 0.25) is 10.0 Å². The Balaban J connectivity index is 4.08. The number of rotatable bonds is 5. The van der Waals surface area contributed by atoms with Gasteiger partial charge in [-0.3, -0.25) is 0 Å². The van der Waals surface area contributed by atoms with E-state index in [0.29, 0.717) is 6.54 Å². The molecular weight excluding hydrogens is 234 g/mol. The molecule has 0 aromatic carbocycles. The molecular formula is C10H22ClNO2S. The fourth-order valence-electron chi connectivity index (χ4n) is 1.11. The summed E-state index contributed by atoms with van der Waals surface area (Å²) in [6.07, 6.45) is 0.787. The van der Waals surface area contributed by atoms with Crippen molar-refractivity contribution in [3.63, 3.8) is 0 Å². The molecule has 0 aliphatic heterocycles. The maximum absolute atomic E-state index is 11.4. The molecule has 0 saturated carbocycles. The molecule has 0 aromatic heterocycles. The van der Waals surface area contributed by atoms with Crippen LogP contribution in [0.1, 0.15) is 41.0 Å². The van der Waals surface area contributed by atoms with Crippen molar-refractivity contribution in [2.75, 3.05) is 6.54 Å². The first kappa shape index (κ1) is 15.2. The lowest BCUT2D eigenvalue weighted by Gasteiger charge is -2.22. The minimum absolute atomic E-state index is 0.121. The van der Waals surface area contributed by atoms with Gasteiger partial charge in [0, 0.05) is 11.9 Å². The quantitative estimate of drug-likeness (QED) is 0.767. The Bertz CT molecular complexity index is 280. The van der Waals surface area contributed by atoms with Crippen LogP contribution in [0.15, 0.2) is 0 Å². The van der Waals surface area contributed by atoms with Crippen LogP contribution in [0.5, 0.6) is 0 Å². The minimum Gasteiger partial charge on any atom is -0.214 e. The molecule has 92 valence electrons. The molecule has 0 spiro atoms. The molecule has 3 nitrogen and oxygen atoms in total. The maximum Gasteiger partial charge on any atom is 0.213 e. The van der Waals surface area contributed by atoms with Gasteiger partial charge < -0.3 is 0 Å². The van der Waals surface area contributed by atoms with Gasteiger partial charge in [-0.25, -0.2) is 13.1 Å². The summed E-state index contributed by atoms with van der Waals surface area (Å²) in [4.78, 5) is 0. The van der Waals surface area contributed by atoms with Crippen LogP contribution in [0, 0.1) is 5.41 Å². The topological polar surface area (TPSA) is 46.2 Å². The van der Waals surface area contributed by atoms with E-state index in [1.54, 1.807) is 13.8 Å². The van der Waals surface area contributed by atoms with Crippen LogP contribution in [0.25, 0.3) is 0 Å². The van der Waals surface area contributed by atoms with Crippen LogP contribution < -0.4 is 4.72 Å².